The zero-order chi connectivity index (χ0) is 16.8. The number of hydrogen-bond acceptors (Lipinski definition) is 8. The molecule has 0 saturated heterocycles. The van der Waals surface area contributed by atoms with E-state index in [-0.39, 0.29) is 6.61 Å². The van der Waals surface area contributed by atoms with Crippen molar-refractivity contribution < 1.29 is 19.0 Å². The summed E-state index contributed by atoms with van der Waals surface area (Å²) in [5.74, 6) is 2.34. The molecular formula is C16H16N2O4S2. The van der Waals surface area contributed by atoms with Crippen molar-refractivity contribution in [2.45, 2.75) is 11.3 Å². The van der Waals surface area contributed by atoms with Crippen LogP contribution in [0, 0.1) is 0 Å². The third-order valence-corrected chi connectivity index (χ3v) is 4.86. The monoisotopic (exact) mass is 364 g/mol. The number of nitrogens with zero attached hydrogens (tertiary/aromatic N) is 2. The number of thioether (sulfide) groups is 1. The first-order chi connectivity index (χ1) is 11.7. The van der Waals surface area contributed by atoms with Gasteiger partial charge < -0.3 is 19.0 Å². The lowest BCUT2D eigenvalue weighted by Gasteiger charge is -2.11. The number of benzene rings is 1. The van der Waals surface area contributed by atoms with E-state index < -0.39 is 6.10 Å². The van der Waals surface area contributed by atoms with Crippen LogP contribution in [0.4, 0.5) is 0 Å². The molecule has 0 spiro atoms. The van der Waals surface area contributed by atoms with E-state index >= 15 is 0 Å². The predicted molar refractivity (Wildman–Crippen MR) is 92.8 cm³/mol. The Morgan fingerprint density at radius 2 is 2.00 bits per heavy atom. The van der Waals surface area contributed by atoms with E-state index in [1.807, 2.05) is 17.5 Å². The van der Waals surface area contributed by atoms with E-state index in [0.29, 0.717) is 22.6 Å². The van der Waals surface area contributed by atoms with Gasteiger partial charge in [0.2, 0.25) is 0 Å². The highest BCUT2D eigenvalue weighted by atomic mass is 32.2. The molecule has 8 heteroatoms. The summed E-state index contributed by atoms with van der Waals surface area (Å²) in [6.07, 6.45) is -0.644. The first-order valence-corrected chi connectivity index (χ1v) is 9.06. The molecule has 0 bridgehead atoms. The highest BCUT2D eigenvalue weighted by molar-refractivity contribution is 7.99. The molecule has 3 aromatic rings. The van der Waals surface area contributed by atoms with Crippen LogP contribution < -0.4 is 9.47 Å². The zero-order valence-electron chi connectivity index (χ0n) is 12.9. The summed E-state index contributed by atoms with van der Waals surface area (Å²) in [6, 6.07) is 11.1. The molecule has 0 aliphatic carbocycles. The van der Waals surface area contributed by atoms with E-state index in [2.05, 4.69) is 10.2 Å². The van der Waals surface area contributed by atoms with Crippen LogP contribution in [0.2, 0.25) is 0 Å². The number of ether oxygens (including phenoxy) is 2. The molecule has 126 valence electrons. The van der Waals surface area contributed by atoms with E-state index in [1.165, 1.54) is 23.1 Å². The second-order valence-electron chi connectivity index (χ2n) is 4.80. The maximum Gasteiger partial charge on any atom is 0.276 e. The average Bonchev–Trinajstić information content (AvgIpc) is 3.29. The maximum absolute atomic E-state index is 10.0. The van der Waals surface area contributed by atoms with Crippen LogP contribution in [-0.4, -0.2) is 40.9 Å². The van der Waals surface area contributed by atoms with E-state index in [4.69, 9.17) is 13.9 Å². The van der Waals surface area contributed by atoms with Gasteiger partial charge in [0.1, 0.15) is 18.1 Å². The normalized spacial score (nSPS) is 12.1. The number of thiophene rings is 1. The van der Waals surface area contributed by atoms with Crippen LogP contribution in [0.1, 0.15) is 0 Å². The van der Waals surface area contributed by atoms with Gasteiger partial charge >= 0.3 is 0 Å². The van der Waals surface area contributed by atoms with Crippen molar-refractivity contribution in [1.29, 1.82) is 0 Å². The largest absolute Gasteiger partial charge is 0.497 e. The summed E-state index contributed by atoms with van der Waals surface area (Å²) in [5, 5.41) is 20.4. The number of hydrogen-bond donors (Lipinski definition) is 1. The fraction of sp³-hybridized carbons (Fsp3) is 0.250. The summed E-state index contributed by atoms with van der Waals surface area (Å²) in [7, 11) is 1.61. The Morgan fingerprint density at radius 1 is 1.21 bits per heavy atom. The van der Waals surface area contributed by atoms with Crippen molar-refractivity contribution in [3.8, 4) is 22.3 Å². The van der Waals surface area contributed by atoms with E-state index in [1.54, 1.807) is 31.4 Å². The van der Waals surface area contributed by atoms with Gasteiger partial charge in [-0.3, -0.25) is 0 Å². The predicted octanol–water partition coefficient (Wildman–Crippen LogP) is 3.34. The Morgan fingerprint density at radius 3 is 2.71 bits per heavy atom. The summed E-state index contributed by atoms with van der Waals surface area (Å²) < 4.78 is 16.2. The second-order valence-corrected chi connectivity index (χ2v) is 6.72. The van der Waals surface area contributed by atoms with Gasteiger partial charge in [-0.2, -0.15) is 0 Å². The maximum atomic E-state index is 10.0. The smallest absolute Gasteiger partial charge is 0.276 e. The lowest BCUT2D eigenvalue weighted by Crippen LogP contribution is -2.20. The molecule has 24 heavy (non-hydrogen) atoms. The Labute approximate surface area is 147 Å². The Balaban J connectivity index is 1.44. The molecule has 0 aliphatic heterocycles. The molecule has 1 unspecified atom stereocenters. The number of rotatable bonds is 8. The van der Waals surface area contributed by atoms with Crippen LogP contribution in [0.5, 0.6) is 11.5 Å². The molecule has 0 amide bonds. The molecule has 2 heterocycles. The zero-order valence-corrected chi connectivity index (χ0v) is 14.5. The van der Waals surface area contributed by atoms with Crippen LogP contribution in [-0.2, 0) is 0 Å². The van der Waals surface area contributed by atoms with Gasteiger partial charge in [0, 0.05) is 5.75 Å². The van der Waals surface area contributed by atoms with Gasteiger partial charge in [-0.1, -0.05) is 17.8 Å². The fourth-order valence-corrected chi connectivity index (χ4v) is 3.16. The SMILES string of the molecule is COc1ccc(OCC(O)CSc2nnc(-c3cccs3)o2)cc1. The van der Waals surface area contributed by atoms with Gasteiger partial charge in [0.25, 0.3) is 11.1 Å². The molecule has 6 nitrogen and oxygen atoms in total. The Kier molecular flexibility index (Phi) is 5.73. The number of aromatic nitrogens is 2. The molecule has 0 aliphatic rings. The minimum Gasteiger partial charge on any atom is -0.497 e. The lowest BCUT2D eigenvalue weighted by atomic mass is 10.3. The highest BCUT2D eigenvalue weighted by Gasteiger charge is 2.13. The van der Waals surface area contributed by atoms with E-state index in [0.717, 1.165) is 10.6 Å². The minimum absolute atomic E-state index is 0.186. The van der Waals surface area contributed by atoms with Crippen LogP contribution in [0.3, 0.4) is 0 Å². The van der Waals surface area contributed by atoms with Crippen LogP contribution >= 0.6 is 23.1 Å². The molecule has 1 aromatic carbocycles. The summed E-state index contributed by atoms with van der Waals surface area (Å²) in [4.78, 5) is 0.928. The molecule has 0 radical (unpaired) electrons. The summed E-state index contributed by atoms with van der Waals surface area (Å²) in [6.45, 7) is 0.186. The quantitative estimate of drug-likeness (QED) is 0.614. The molecule has 1 atom stereocenters. The fourth-order valence-electron chi connectivity index (χ4n) is 1.85. The lowest BCUT2D eigenvalue weighted by molar-refractivity contribution is 0.126. The molecule has 3 rings (SSSR count). The van der Waals surface area contributed by atoms with Crippen molar-refractivity contribution in [2.75, 3.05) is 19.5 Å². The third kappa shape index (κ3) is 4.50. The first-order valence-electron chi connectivity index (χ1n) is 7.19. The van der Waals surface area contributed by atoms with Gasteiger partial charge in [-0.25, -0.2) is 0 Å². The second kappa shape index (κ2) is 8.18. The highest BCUT2D eigenvalue weighted by Crippen LogP contribution is 2.26. The van der Waals surface area contributed by atoms with Gasteiger partial charge in [0.15, 0.2) is 0 Å². The summed E-state index contributed by atoms with van der Waals surface area (Å²) in [5.41, 5.74) is 0. The van der Waals surface area contributed by atoms with Crippen molar-refractivity contribution in [2.24, 2.45) is 0 Å². The first kappa shape index (κ1) is 16.8. The number of methoxy groups -OCH3 is 1. The van der Waals surface area contributed by atoms with Crippen LogP contribution in [0.15, 0.2) is 51.4 Å². The molecule has 1 N–H and O–H groups in total. The van der Waals surface area contributed by atoms with Gasteiger partial charge in [-0.15, -0.1) is 21.5 Å². The number of aliphatic hydroxyl groups is 1. The summed E-state index contributed by atoms with van der Waals surface area (Å²) >= 11 is 2.84. The van der Waals surface area contributed by atoms with Crippen molar-refractivity contribution in [3.05, 3.63) is 41.8 Å². The third-order valence-electron chi connectivity index (χ3n) is 3.04. The molecular weight excluding hydrogens is 348 g/mol. The van der Waals surface area contributed by atoms with E-state index in [9.17, 15) is 5.11 Å². The van der Waals surface area contributed by atoms with Gasteiger partial charge in [-0.05, 0) is 35.7 Å². The van der Waals surface area contributed by atoms with Crippen LogP contribution in [0.25, 0.3) is 10.8 Å². The Hall–Kier alpha value is -2.03. The standard InChI is InChI=1S/C16H16N2O4S2/c1-20-12-4-6-13(7-5-12)21-9-11(19)10-24-16-18-17-15(22-16)14-3-2-8-23-14/h2-8,11,19H,9-10H2,1H3. The van der Waals surface area contributed by atoms with Crippen molar-refractivity contribution >= 4 is 23.1 Å². The Bertz CT molecular complexity index is 744. The number of aliphatic hydroxyl groups excluding tert-OH is 1. The minimum atomic E-state index is -0.644. The van der Waals surface area contributed by atoms with Crippen molar-refractivity contribution in [1.82, 2.24) is 10.2 Å². The average molecular weight is 364 g/mol. The molecule has 0 fully saturated rings. The molecule has 2 aromatic heterocycles. The molecule has 0 saturated carbocycles. The van der Waals surface area contributed by atoms with Crippen molar-refractivity contribution in [3.63, 3.8) is 0 Å². The topological polar surface area (TPSA) is 77.6 Å². The van der Waals surface area contributed by atoms with Gasteiger partial charge in [0.05, 0.1) is 18.1 Å².